The number of aliphatic carboxylic acids is 1. The second kappa shape index (κ2) is 14.8. The van der Waals surface area contributed by atoms with Crippen LogP contribution in [0.1, 0.15) is 54.2 Å². The molecule has 2 heterocycles. The predicted octanol–water partition coefficient (Wildman–Crippen LogP) is 6.27. The molecule has 1 N–H and O–H groups in total. The highest BCUT2D eigenvalue weighted by atomic mass is 35.5. The number of carboxylic acids is 1. The maximum atomic E-state index is 13.3. The number of carbonyl (C=O) groups is 3. The number of ether oxygens (including phenoxy) is 1. The maximum absolute atomic E-state index is 13.3. The predicted molar refractivity (Wildman–Crippen MR) is 164 cm³/mol. The number of halogens is 2. The summed E-state index contributed by atoms with van der Waals surface area (Å²) in [5.74, 6) is -0.598. The standard InChI is InChI=1S/C31H33N3O5.2ClH/c1-31(2,3)39-30(38)34(27-15-11-22(19-32-27)12-16-28(35)36)26-17-18-33(21-26)20-23-9-13-25(14-10-23)29(37)24-7-5-4-6-8-24;;/h4-16,19,26H,17-18,20-21H2,1-3H3,(H,35,36);2*1H/t26-;;/m1../s1. The minimum Gasteiger partial charge on any atom is -0.478 e. The topological polar surface area (TPSA) is 100 Å². The first-order valence-electron chi connectivity index (χ1n) is 12.9. The van der Waals surface area contributed by atoms with Gasteiger partial charge in [-0.05, 0) is 56.5 Å². The average molecular weight is 601 g/mol. The fraction of sp³-hybridized carbons (Fsp3) is 0.290. The number of amides is 1. The second-order valence-electron chi connectivity index (χ2n) is 10.5. The summed E-state index contributed by atoms with van der Waals surface area (Å²) in [5, 5.41) is 8.86. The first kappa shape index (κ1) is 33.5. The largest absolute Gasteiger partial charge is 0.478 e. The Kier molecular flexibility index (Phi) is 12.1. The Hall–Kier alpha value is -3.72. The minimum absolute atomic E-state index is 0. The van der Waals surface area contributed by atoms with Crippen LogP contribution in [0.5, 0.6) is 0 Å². The van der Waals surface area contributed by atoms with Gasteiger partial charge in [0.25, 0.3) is 0 Å². The first-order chi connectivity index (χ1) is 18.6. The lowest BCUT2D eigenvalue weighted by atomic mass is 10.0. The number of aromatic nitrogens is 1. The van der Waals surface area contributed by atoms with Crippen LogP contribution in [-0.4, -0.2) is 57.6 Å². The maximum Gasteiger partial charge on any atom is 0.416 e. The number of benzene rings is 2. The van der Waals surface area contributed by atoms with Crippen LogP contribution in [0.4, 0.5) is 10.6 Å². The van der Waals surface area contributed by atoms with Gasteiger partial charge in [-0.25, -0.2) is 14.6 Å². The Morgan fingerprint density at radius 2 is 1.66 bits per heavy atom. The summed E-state index contributed by atoms with van der Waals surface area (Å²) in [6.07, 6.45) is 4.30. The molecule has 0 unspecified atom stereocenters. The van der Waals surface area contributed by atoms with Crippen molar-refractivity contribution in [2.45, 2.75) is 45.4 Å². The molecule has 0 spiro atoms. The molecular formula is C31H35Cl2N3O5. The molecule has 0 saturated carbocycles. The van der Waals surface area contributed by atoms with E-state index in [4.69, 9.17) is 9.84 Å². The molecule has 4 rings (SSSR count). The van der Waals surface area contributed by atoms with Gasteiger partial charge in [-0.3, -0.25) is 14.6 Å². The summed E-state index contributed by atoms with van der Waals surface area (Å²) in [4.78, 5) is 45.1. The zero-order valence-electron chi connectivity index (χ0n) is 23.2. The SMILES string of the molecule is CC(C)(C)OC(=O)N(c1ccc(C=CC(=O)O)cn1)[C@@H]1CCN(Cc2ccc(C(=O)c3ccccc3)cc2)C1.Cl.Cl. The van der Waals surface area contributed by atoms with Gasteiger partial charge in [0, 0.05) is 43.0 Å². The number of ketones is 1. The second-order valence-corrected chi connectivity index (χ2v) is 10.5. The molecule has 1 aromatic heterocycles. The number of rotatable bonds is 8. The Morgan fingerprint density at radius 1 is 1.00 bits per heavy atom. The Labute approximate surface area is 252 Å². The zero-order chi connectivity index (χ0) is 28.0. The van der Waals surface area contributed by atoms with Crippen LogP contribution in [-0.2, 0) is 16.1 Å². The van der Waals surface area contributed by atoms with Gasteiger partial charge in [-0.1, -0.05) is 54.6 Å². The van der Waals surface area contributed by atoms with E-state index in [1.54, 1.807) is 17.0 Å². The number of pyridine rings is 1. The molecule has 0 radical (unpaired) electrons. The van der Waals surface area contributed by atoms with Crippen molar-refractivity contribution in [3.8, 4) is 0 Å². The number of carbonyl (C=O) groups excluding carboxylic acids is 2. The Balaban J connectivity index is 0.00000294. The van der Waals surface area contributed by atoms with E-state index >= 15 is 0 Å². The molecule has 218 valence electrons. The average Bonchev–Trinajstić information content (AvgIpc) is 3.35. The molecule has 41 heavy (non-hydrogen) atoms. The van der Waals surface area contributed by atoms with Gasteiger partial charge in [0.05, 0.1) is 6.04 Å². The lowest BCUT2D eigenvalue weighted by molar-refractivity contribution is -0.131. The molecule has 1 aliphatic heterocycles. The van der Waals surface area contributed by atoms with Crippen molar-refractivity contribution in [2.24, 2.45) is 0 Å². The third-order valence-corrected chi connectivity index (χ3v) is 6.30. The molecule has 2 aromatic carbocycles. The number of likely N-dealkylation sites (tertiary alicyclic amines) is 1. The van der Waals surface area contributed by atoms with Gasteiger partial charge in [0.1, 0.15) is 11.4 Å². The fourth-order valence-electron chi connectivity index (χ4n) is 4.49. The van der Waals surface area contributed by atoms with Crippen LogP contribution in [0.3, 0.4) is 0 Å². The molecule has 1 atom stereocenters. The van der Waals surface area contributed by atoms with Crippen LogP contribution in [0.25, 0.3) is 6.08 Å². The molecule has 0 aliphatic carbocycles. The summed E-state index contributed by atoms with van der Waals surface area (Å²) < 4.78 is 5.71. The third kappa shape index (κ3) is 9.42. The summed E-state index contributed by atoms with van der Waals surface area (Å²) >= 11 is 0. The summed E-state index contributed by atoms with van der Waals surface area (Å²) in [5.41, 5.74) is 2.34. The fourth-order valence-corrected chi connectivity index (χ4v) is 4.49. The Bertz CT molecular complexity index is 1340. The highest BCUT2D eigenvalue weighted by molar-refractivity contribution is 6.08. The number of hydrogen-bond donors (Lipinski definition) is 1. The number of nitrogens with zero attached hydrogens (tertiary/aromatic N) is 3. The molecule has 8 nitrogen and oxygen atoms in total. The number of hydrogen-bond acceptors (Lipinski definition) is 6. The van der Waals surface area contributed by atoms with Crippen LogP contribution in [0.15, 0.2) is 79.0 Å². The first-order valence-corrected chi connectivity index (χ1v) is 12.9. The van der Waals surface area contributed by atoms with Crippen LogP contribution in [0.2, 0.25) is 0 Å². The van der Waals surface area contributed by atoms with Crippen molar-refractivity contribution in [1.82, 2.24) is 9.88 Å². The minimum atomic E-state index is -1.04. The van der Waals surface area contributed by atoms with Gasteiger partial charge < -0.3 is 9.84 Å². The van der Waals surface area contributed by atoms with Gasteiger partial charge >= 0.3 is 12.1 Å². The highest BCUT2D eigenvalue weighted by Crippen LogP contribution is 2.26. The van der Waals surface area contributed by atoms with Crippen molar-refractivity contribution in [2.75, 3.05) is 18.0 Å². The quantitative estimate of drug-likeness (QED) is 0.240. The molecule has 1 aliphatic rings. The van der Waals surface area contributed by atoms with Crippen LogP contribution < -0.4 is 4.90 Å². The van der Waals surface area contributed by atoms with E-state index in [2.05, 4.69) is 9.88 Å². The van der Waals surface area contributed by atoms with Crippen LogP contribution in [0, 0.1) is 0 Å². The van der Waals surface area contributed by atoms with Crippen LogP contribution >= 0.6 is 24.8 Å². The van der Waals surface area contributed by atoms with Crippen molar-refractivity contribution < 1.29 is 24.2 Å². The summed E-state index contributed by atoms with van der Waals surface area (Å²) in [6, 6.07) is 20.2. The lowest BCUT2D eigenvalue weighted by Gasteiger charge is -2.31. The molecule has 1 saturated heterocycles. The molecule has 10 heteroatoms. The van der Waals surface area contributed by atoms with E-state index in [-0.39, 0.29) is 36.6 Å². The summed E-state index contributed by atoms with van der Waals surface area (Å²) in [6.45, 7) is 7.57. The van der Waals surface area contributed by atoms with Crippen molar-refractivity contribution in [3.63, 3.8) is 0 Å². The smallest absolute Gasteiger partial charge is 0.416 e. The number of anilines is 1. The molecule has 1 amide bonds. The van der Waals surface area contributed by atoms with Crippen molar-refractivity contribution >= 4 is 54.6 Å². The van der Waals surface area contributed by atoms with Gasteiger partial charge in [0.15, 0.2) is 5.78 Å². The third-order valence-electron chi connectivity index (χ3n) is 6.30. The van der Waals surface area contributed by atoms with E-state index in [9.17, 15) is 14.4 Å². The highest BCUT2D eigenvalue weighted by Gasteiger charge is 2.35. The van der Waals surface area contributed by atoms with E-state index in [1.807, 2.05) is 75.4 Å². The molecule has 1 fully saturated rings. The molecular weight excluding hydrogens is 565 g/mol. The molecule has 3 aromatic rings. The lowest BCUT2D eigenvalue weighted by Crippen LogP contribution is -2.45. The van der Waals surface area contributed by atoms with Gasteiger partial charge in [-0.2, -0.15) is 0 Å². The monoisotopic (exact) mass is 599 g/mol. The number of carboxylic acid groups (broad SMARTS) is 1. The molecule has 0 bridgehead atoms. The van der Waals surface area contributed by atoms with E-state index < -0.39 is 17.7 Å². The summed E-state index contributed by atoms with van der Waals surface area (Å²) in [7, 11) is 0. The van der Waals surface area contributed by atoms with E-state index in [0.717, 1.165) is 24.6 Å². The van der Waals surface area contributed by atoms with E-state index in [0.29, 0.717) is 35.6 Å². The van der Waals surface area contributed by atoms with E-state index in [1.165, 1.54) is 12.3 Å². The van der Waals surface area contributed by atoms with Gasteiger partial charge in [-0.15, -0.1) is 24.8 Å². The Morgan fingerprint density at radius 3 is 2.24 bits per heavy atom. The zero-order valence-corrected chi connectivity index (χ0v) is 24.9. The van der Waals surface area contributed by atoms with Gasteiger partial charge in [0.2, 0.25) is 0 Å². The van der Waals surface area contributed by atoms with Crippen molar-refractivity contribution in [3.05, 3.63) is 101 Å². The van der Waals surface area contributed by atoms with Crippen molar-refractivity contribution in [1.29, 1.82) is 0 Å². The normalized spacial score (nSPS) is 15.0.